The Balaban J connectivity index is 2.27. The summed E-state index contributed by atoms with van der Waals surface area (Å²) < 4.78 is 3.84. The molecule has 0 aliphatic rings. The lowest BCUT2D eigenvalue weighted by atomic mass is 10.1. The van der Waals surface area contributed by atoms with Gasteiger partial charge < -0.3 is 5.73 Å². The molecule has 3 nitrogen and oxygen atoms in total. The predicted octanol–water partition coefficient (Wildman–Crippen LogP) is 4.11. The lowest BCUT2D eigenvalue weighted by Gasteiger charge is -1.99. The second kappa shape index (κ2) is 4.40. The maximum atomic E-state index is 6.15. The Morgan fingerprint density at radius 1 is 1.06 bits per heavy atom. The molecule has 0 saturated heterocycles. The normalized spacial score (nSPS) is 11.0. The Morgan fingerprint density at radius 2 is 1.78 bits per heavy atom. The van der Waals surface area contributed by atoms with Crippen LogP contribution in [0.5, 0.6) is 0 Å². The fraction of sp³-hybridized carbons (Fsp3) is 0. The van der Waals surface area contributed by atoms with Crippen LogP contribution in [-0.2, 0) is 0 Å². The van der Waals surface area contributed by atoms with Crippen LogP contribution in [0.1, 0.15) is 0 Å². The van der Waals surface area contributed by atoms with Crippen molar-refractivity contribution in [2.45, 2.75) is 0 Å². The molecule has 0 atom stereocenters. The van der Waals surface area contributed by atoms with Crippen LogP contribution in [-0.4, -0.2) is 9.38 Å². The smallest absolute Gasteiger partial charge is 0.153 e. The van der Waals surface area contributed by atoms with Gasteiger partial charge in [-0.1, -0.05) is 28.1 Å². The van der Waals surface area contributed by atoms with E-state index >= 15 is 0 Å². The third-order valence-electron chi connectivity index (χ3n) is 2.76. The van der Waals surface area contributed by atoms with E-state index in [1.54, 1.807) is 0 Å². The fourth-order valence-electron chi connectivity index (χ4n) is 1.87. The number of fused-ring (bicyclic) bond motifs is 1. The van der Waals surface area contributed by atoms with Gasteiger partial charge in [0.1, 0.15) is 11.5 Å². The molecule has 2 N–H and O–H groups in total. The molecule has 2 aromatic heterocycles. The average Bonchev–Trinajstić information content (AvgIpc) is 2.70. The second-order valence-electron chi connectivity index (χ2n) is 3.90. The van der Waals surface area contributed by atoms with E-state index in [1.807, 2.05) is 47.0 Å². The van der Waals surface area contributed by atoms with Crippen LogP contribution in [0.15, 0.2) is 51.5 Å². The van der Waals surface area contributed by atoms with Gasteiger partial charge in [0.05, 0.1) is 4.47 Å². The van der Waals surface area contributed by atoms with E-state index in [4.69, 9.17) is 5.73 Å². The van der Waals surface area contributed by atoms with Gasteiger partial charge in [-0.3, -0.25) is 4.40 Å². The Hall–Kier alpha value is -1.33. The van der Waals surface area contributed by atoms with Crippen molar-refractivity contribution < 1.29 is 0 Å². The molecule has 0 spiro atoms. The van der Waals surface area contributed by atoms with Gasteiger partial charge in [0.2, 0.25) is 0 Å². The molecule has 2 heterocycles. The number of hydrogen-bond acceptors (Lipinski definition) is 2. The number of anilines is 1. The van der Waals surface area contributed by atoms with Crippen molar-refractivity contribution in [2.75, 3.05) is 5.73 Å². The first kappa shape index (κ1) is 11.7. The largest absolute Gasteiger partial charge is 0.383 e. The molecule has 1 aromatic carbocycles. The van der Waals surface area contributed by atoms with Crippen LogP contribution < -0.4 is 5.73 Å². The second-order valence-corrected chi connectivity index (χ2v) is 5.67. The number of rotatable bonds is 1. The highest BCUT2D eigenvalue weighted by atomic mass is 79.9. The van der Waals surface area contributed by atoms with Crippen molar-refractivity contribution in [3.8, 4) is 11.3 Å². The first-order valence-corrected chi connectivity index (χ1v) is 6.93. The Morgan fingerprint density at radius 3 is 2.44 bits per heavy atom. The van der Waals surface area contributed by atoms with Crippen molar-refractivity contribution in [3.63, 3.8) is 0 Å². The van der Waals surface area contributed by atoms with E-state index < -0.39 is 0 Å². The highest BCUT2D eigenvalue weighted by Crippen LogP contribution is 2.29. The van der Waals surface area contributed by atoms with Gasteiger partial charge in [0, 0.05) is 16.2 Å². The number of pyridine rings is 1. The van der Waals surface area contributed by atoms with Crippen LogP contribution in [0.2, 0.25) is 0 Å². The SMILES string of the molecule is Nc1c(-c2ccc(Br)cc2)nc2c(Br)cccn12. The lowest BCUT2D eigenvalue weighted by molar-refractivity contribution is 1.19. The molecule has 0 aliphatic heterocycles. The maximum Gasteiger partial charge on any atom is 0.153 e. The van der Waals surface area contributed by atoms with E-state index in [0.29, 0.717) is 5.82 Å². The minimum atomic E-state index is 0.647. The molecule has 0 amide bonds. The number of nitrogen functional groups attached to an aromatic ring is 1. The van der Waals surface area contributed by atoms with Gasteiger partial charge >= 0.3 is 0 Å². The van der Waals surface area contributed by atoms with Gasteiger partial charge in [0.15, 0.2) is 5.65 Å². The third kappa shape index (κ3) is 1.83. The predicted molar refractivity (Wildman–Crippen MR) is 80.4 cm³/mol. The zero-order valence-corrected chi connectivity index (χ0v) is 12.4. The van der Waals surface area contributed by atoms with Crippen LogP contribution >= 0.6 is 31.9 Å². The van der Waals surface area contributed by atoms with E-state index in [2.05, 4.69) is 36.8 Å². The topological polar surface area (TPSA) is 43.3 Å². The molecule has 18 heavy (non-hydrogen) atoms. The first-order valence-electron chi connectivity index (χ1n) is 5.35. The molecule has 90 valence electrons. The summed E-state index contributed by atoms with van der Waals surface area (Å²) in [5.74, 6) is 0.647. The van der Waals surface area contributed by atoms with E-state index in [-0.39, 0.29) is 0 Å². The standard InChI is InChI=1S/C13H9Br2N3/c14-9-5-3-8(4-6-9)11-12(16)18-7-1-2-10(15)13(18)17-11/h1-7H,16H2. The van der Waals surface area contributed by atoms with Crippen molar-refractivity contribution in [3.05, 3.63) is 51.5 Å². The van der Waals surface area contributed by atoms with Crippen molar-refractivity contribution in [1.29, 1.82) is 0 Å². The molecule has 0 radical (unpaired) electrons. The molecule has 0 saturated carbocycles. The van der Waals surface area contributed by atoms with E-state index in [0.717, 1.165) is 25.8 Å². The molecule has 0 bridgehead atoms. The zero-order chi connectivity index (χ0) is 12.7. The zero-order valence-electron chi connectivity index (χ0n) is 9.27. The van der Waals surface area contributed by atoms with Crippen molar-refractivity contribution >= 4 is 43.3 Å². The quantitative estimate of drug-likeness (QED) is 0.704. The average molecular weight is 367 g/mol. The minimum absolute atomic E-state index is 0.647. The summed E-state index contributed by atoms with van der Waals surface area (Å²) in [7, 11) is 0. The number of halogens is 2. The summed E-state index contributed by atoms with van der Waals surface area (Å²) in [6.45, 7) is 0. The first-order chi connectivity index (χ1) is 8.66. The molecular formula is C13H9Br2N3. The number of hydrogen-bond donors (Lipinski definition) is 1. The molecule has 0 unspecified atom stereocenters. The molecular weight excluding hydrogens is 358 g/mol. The molecule has 0 fully saturated rings. The van der Waals surface area contributed by atoms with Crippen molar-refractivity contribution in [2.24, 2.45) is 0 Å². The fourth-order valence-corrected chi connectivity index (χ4v) is 2.57. The van der Waals surface area contributed by atoms with Crippen LogP contribution in [0.3, 0.4) is 0 Å². The van der Waals surface area contributed by atoms with Gasteiger partial charge in [-0.15, -0.1) is 0 Å². The van der Waals surface area contributed by atoms with Gasteiger partial charge in [-0.2, -0.15) is 0 Å². The van der Waals surface area contributed by atoms with Gasteiger partial charge in [-0.05, 0) is 40.2 Å². The van der Waals surface area contributed by atoms with Crippen molar-refractivity contribution in [1.82, 2.24) is 9.38 Å². The monoisotopic (exact) mass is 365 g/mol. The highest BCUT2D eigenvalue weighted by molar-refractivity contribution is 9.10. The van der Waals surface area contributed by atoms with Crippen LogP contribution in [0, 0.1) is 0 Å². The van der Waals surface area contributed by atoms with Gasteiger partial charge in [0.25, 0.3) is 0 Å². The Bertz CT molecular complexity index is 717. The van der Waals surface area contributed by atoms with Crippen LogP contribution in [0.4, 0.5) is 5.82 Å². The third-order valence-corrected chi connectivity index (χ3v) is 3.90. The molecule has 3 rings (SSSR count). The number of benzene rings is 1. The van der Waals surface area contributed by atoms with Gasteiger partial charge in [-0.25, -0.2) is 4.98 Å². The summed E-state index contributed by atoms with van der Waals surface area (Å²) >= 11 is 6.90. The van der Waals surface area contributed by atoms with E-state index in [1.165, 1.54) is 0 Å². The molecule has 5 heteroatoms. The minimum Gasteiger partial charge on any atom is -0.383 e. The van der Waals surface area contributed by atoms with Crippen LogP contribution in [0.25, 0.3) is 16.9 Å². The number of aromatic nitrogens is 2. The number of nitrogens with two attached hydrogens (primary N) is 1. The summed E-state index contributed by atoms with van der Waals surface area (Å²) in [4.78, 5) is 4.59. The molecule has 0 aliphatic carbocycles. The maximum absolute atomic E-state index is 6.15. The molecule has 3 aromatic rings. The lowest BCUT2D eigenvalue weighted by Crippen LogP contribution is -1.93. The number of nitrogens with zero attached hydrogens (tertiary/aromatic N) is 2. The summed E-state index contributed by atoms with van der Waals surface area (Å²) in [5.41, 5.74) is 8.78. The summed E-state index contributed by atoms with van der Waals surface area (Å²) in [5, 5.41) is 0. The summed E-state index contributed by atoms with van der Waals surface area (Å²) in [6.07, 6.45) is 1.91. The number of imidazole rings is 1. The van der Waals surface area contributed by atoms with E-state index in [9.17, 15) is 0 Å². The highest BCUT2D eigenvalue weighted by Gasteiger charge is 2.12. The Kier molecular flexibility index (Phi) is 2.87. The Labute approximate surface area is 121 Å². The summed E-state index contributed by atoms with van der Waals surface area (Å²) in [6, 6.07) is 11.8.